The largest absolute Gasteiger partial charge is 0.508 e. The van der Waals surface area contributed by atoms with E-state index in [1.165, 1.54) is 18.2 Å². The van der Waals surface area contributed by atoms with Gasteiger partial charge in [0, 0.05) is 5.69 Å². The van der Waals surface area contributed by atoms with Crippen LogP contribution in [0.1, 0.15) is 34.8 Å². The van der Waals surface area contributed by atoms with Gasteiger partial charge in [0.05, 0.1) is 11.6 Å². The summed E-state index contributed by atoms with van der Waals surface area (Å²) in [4.78, 5) is 12.1. The molecule has 0 saturated heterocycles. The molecule has 0 aliphatic heterocycles. The van der Waals surface area contributed by atoms with Crippen LogP contribution in [0.4, 0.5) is 5.69 Å². The average molecular weight is 260 g/mol. The Balaban J connectivity index is 2.15. The van der Waals surface area contributed by atoms with Crippen LogP contribution in [0.5, 0.6) is 5.75 Å². The van der Waals surface area contributed by atoms with Crippen LogP contribution >= 0.6 is 0 Å². The molecular formula is C14H16N2O3. The van der Waals surface area contributed by atoms with Crippen LogP contribution in [-0.4, -0.2) is 11.0 Å². The highest BCUT2D eigenvalue weighted by molar-refractivity contribution is 5.99. The van der Waals surface area contributed by atoms with Crippen molar-refractivity contribution in [2.75, 3.05) is 5.73 Å². The SMILES string of the molecule is Cc1ccc(C(C)NC(=O)c2cc(O)ccc2N)o1. The molecule has 1 heterocycles. The number of nitrogens with two attached hydrogens (primary N) is 1. The molecule has 1 aromatic carbocycles. The maximum Gasteiger partial charge on any atom is 0.254 e. The first-order chi connectivity index (χ1) is 8.97. The van der Waals surface area contributed by atoms with Gasteiger partial charge in [0.15, 0.2) is 0 Å². The van der Waals surface area contributed by atoms with Gasteiger partial charge in [-0.1, -0.05) is 0 Å². The van der Waals surface area contributed by atoms with Crippen LogP contribution in [0, 0.1) is 6.92 Å². The van der Waals surface area contributed by atoms with Crippen molar-refractivity contribution in [2.45, 2.75) is 19.9 Å². The van der Waals surface area contributed by atoms with Gasteiger partial charge in [0.2, 0.25) is 0 Å². The van der Waals surface area contributed by atoms with Crippen LogP contribution < -0.4 is 11.1 Å². The number of rotatable bonds is 3. The Morgan fingerprint density at radius 1 is 1.37 bits per heavy atom. The molecule has 0 fully saturated rings. The Bertz CT molecular complexity index is 604. The van der Waals surface area contributed by atoms with Crippen LogP contribution in [0.25, 0.3) is 0 Å². The van der Waals surface area contributed by atoms with E-state index in [4.69, 9.17) is 10.2 Å². The second-order valence-electron chi connectivity index (χ2n) is 4.42. The third-order valence-electron chi connectivity index (χ3n) is 2.82. The van der Waals surface area contributed by atoms with Crippen LogP contribution in [0.2, 0.25) is 0 Å². The standard InChI is InChI=1S/C14H16N2O3/c1-8-3-6-13(19-8)9(2)16-14(18)11-7-10(17)4-5-12(11)15/h3-7,9,17H,15H2,1-2H3,(H,16,18). The number of nitrogens with one attached hydrogen (secondary N) is 1. The number of phenols is 1. The van der Waals surface area contributed by atoms with Crippen LogP contribution in [0.15, 0.2) is 34.7 Å². The summed E-state index contributed by atoms with van der Waals surface area (Å²) < 4.78 is 5.44. The molecule has 4 N–H and O–H groups in total. The lowest BCUT2D eigenvalue weighted by molar-refractivity contribution is 0.0935. The molecule has 0 saturated carbocycles. The number of amides is 1. The second kappa shape index (κ2) is 5.06. The normalized spacial score (nSPS) is 12.1. The van der Waals surface area contributed by atoms with Gasteiger partial charge in [-0.25, -0.2) is 0 Å². The number of phenolic OH excluding ortho intramolecular Hbond substituents is 1. The summed E-state index contributed by atoms with van der Waals surface area (Å²) >= 11 is 0. The number of anilines is 1. The number of furan rings is 1. The molecular weight excluding hydrogens is 244 g/mol. The number of carbonyl (C=O) groups excluding carboxylic acids is 1. The molecule has 2 aromatic rings. The van der Waals surface area contributed by atoms with E-state index >= 15 is 0 Å². The lowest BCUT2D eigenvalue weighted by Crippen LogP contribution is -2.27. The molecule has 5 heteroatoms. The Hall–Kier alpha value is -2.43. The van der Waals surface area contributed by atoms with Crippen molar-refractivity contribution in [1.82, 2.24) is 5.32 Å². The third-order valence-corrected chi connectivity index (χ3v) is 2.82. The van der Waals surface area contributed by atoms with Gasteiger partial charge in [-0.3, -0.25) is 4.79 Å². The molecule has 0 radical (unpaired) electrons. The second-order valence-corrected chi connectivity index (χ2v) is 4.42. The van der Waals surface area contributed by atoms with Gasteiger partial charge in [0.25, 0.3) is 5.91 Å². The van der Waals surface area contributed by atoms with E-state index in [1.54, 1.807) is 0 Å². The lowest BCUT2D eigenvalue weighted by atomic mass is 10.1. The summed E-state index contributed by atoms with van der Waals surface area (Å²) in [7, 11) is 0. The van der Waals surface area contributed by atoms with Gasteiger partial charge in [-0.05, 0) is 44.2 Å². The highest BCUT2D eigenvalue weighted by Gasteiger charge is 2.16. The highest BCUT2D eigenvalue weighted by Crippen LogP contribution is 2.20. The number of aryl methyl sites for hydroxylation is 1. The molecule has 5 nitrogen and oxygen atoms in total. The smallest absolute Gasteiger partial charge is 0.254 e. The minimum atomic E-state index is -0.352. The number of aromatic hydroxyl groups is 1. The Morgan fingerprint density at radius 2 is 2.11 bits per heavy atom. The molecule has 19 heavy (non-hydrogen) atoms. The van der Waals surface area contributed by atoms with Gasteiger partial charge in [0.1, 0.15) is 17.3 Å². The third kappa shape index (κ3) is 2.88. The van der Waals surface area contributed by atoms with Crippen molar-refractivity contribution in [1.29, 1.82) is 0 Å². The van der Waals surface area contributed by atoms with E-state index in [9.17, 15) is 9.90 Å². The van der Waals surface area contributed by atoms with E-state index in [2.05, 4.69) is 5.32 Å². The highest BCUT2D eigenvalue weighted by atomic mass is 16.3. The fraction of sp³-hybridized carbons (Fsp3) is 0.214. The fourth-order valence-electron chi connectivity index (χ4n) is 1.77. The monoisotopic (exact) mass is 260 g/mol. The van der Waals surface area contributed by atoms with Gasteiger partial charge >= 0.3 is 0 Å². The van der Waals surface area contributed by atoms with Gasteiger partial charge in [-0.2, -0.15) is 0 Å². The minimum Gasteiger partial charge on any atom is -0.508 e. The van der Waals surface area contributed by atoms with Gasteiger partial charge < -0.3 is 20.6 Å². The van der Waals surface area contributed by atoms with E-state index in [-0.39, 0.29) is 23.3 Å². The zero-order valence-electron chi connectivity index (χ0n) is 10.8. The molecule has 1 amide bonds. The fourth-order valence-corrected chi connectivity index (χ4v) is 1.77. The van der Waals surface area contributed by atoms with Crippen molar-refractivity contribution in [3.05, 3.63) is 47.4 Å². The lowest BCUT2D eigenvalue weighted by Gasteiger charge is -2.13. The molecule has 2 rings (SSSR count). The minimum absolute atomic E-state index is 0.000783. The van der Waals surface area contributed by atoms with E-state index in [0.29, 0.717) is 11.4 Å². The van der Waals surface area contributed by atoms with E-state index < -0.39 is 0 Å². The van der Waals surface area contributed by atoms with Crippen molar-refractivity contribution >= 4 is 11.6 Å². The van der Waals surface area contributed by atoms with Crippen LogP contribution in [0.3, 0.4) is 0 Å². The molecule has 1 aromatic heterocycles. The molecule has 1 atom stereocenters. The van der Waals surface area contributed by atoms with Crippen molar-refractivity contribution < 1.29 is 14.3 Å². The Morgan fingerprint density at radius 3 is 2.74 bits per heavy atom. The maximum absolute atomic E-state index is 12.1. The molecule has 100 valence electrons. The summed E-state index contributed by atoms with van der Waals surface area (Å²) in [5, 5.41) is 12.2. The zero-order chi connectivity index (χ0) is 14.0. The van der Waals surface area contributed by atoms with E-state index in [0.717, 1.165) is 5.76 Å². The van der Waals surface area contributed by atoms with Crippen molar-refractivity contribution in [3.63, 3.8) is 0 Å². The molecule has 0 aliphatic carbocycles. The number of carbonyl (C=O) groups is 1. The summed E-state index contributed by atoms with van der Waals surface area (Å²) in [5.41, 5.74) is 6.28. The van der Waals surface area contributed by atoms with E-state index in [1.807, 2.05) is 26.0 Å². The topological polar surface area (TPSA) is 88.5 Å². The maximum atomic E-state index is 12.1. The summed E-state index contributed by atoms with van der Waals surface area (Å²) in [6.45, 7) is 3.65. The number of hydrogen-bond donors (Lipinski definition) is 3. The number of benzene rings is 1. The van der Waals surface area contributed by atoms with Crippen molar-refractivity contribution in [2.24, 2.45) is 0 Å². The predicted molar refractivity (Wildman–Crippen MR) is 71.8 cm³/mol. The molecule has 0 aliphatic rings. The molecule has 0 spiro atoms. The van der Waals surface area contributed by atoms with Crippen molar-refractivity contribution in [3.8, 4) is 5.75 Å². The summed E-state index contributed by atoms with van der Waals surface area (Å²) in [5.74, 6) is 1.10. The molecule has 1 unspecified atom stereocenters. The first-order valence-corrected chi connectivity index (χ1v) is 5.93. The first kappa shape index (κ1) is 13.0. The summed E-state index contributed by atoms with van der Waals surface area (Å²) in [6.07, 6.45) is 0. The predicted octanol–water partition coefficient (Wildman–Crippen LogP) is 2.37. The first-order valence-electron chi connectivity index (χ1n) is 5.93. The zero-order valence-corrected chi connectivity index (χ0v) is 10.8. The quantitative estimate of drug-likeness (QED) is 0.584. The average Bonchev–Trinajstić information content (AvgIpc) is 2.79. The summed E-state index contributed by atoms with van der Waals surface area (Å²) in [6, 6.07) is 7.64. The Labute approximate surface area is 111 Å². The van der Waals surface area contributed by atoms with Gasteiger partial charge in [-0.15, -0.1) is 0 Å². The number of hydrogen-bond acceptors (Lipinski definition) is 4. The Kier molecular flexibility index (Phi) is 3.46. The number of nitrogen functional groups attached to an aromatic ring is 1. The van der Waals surface area contributed by atoms with Crippen LogP contribution in [-0.2, 0) is 0 Å². The molecule has 0 bridgehead atoms.